The zero-order valence-electron chi connectivity index (χ0n) is 18.6. The molecule has 0 aromatic rings. The van der Waals surface area contributed by atoms with E-state index in [1.807, 2.05) is 5.32 Å². The molecule has 14 nitrogen and oxygen atoms in total. The van der Waals surface area contributed by atoms with Crippen molar-refractivity contribution in [3.8, 4) is 0 Å². The molecule has 0 rings (SSSR count). The van der Waals surface area contributed by atoms with E-state index in [4.69, 9.17) is 21.1 Å². The van der Waals surface area contributed by atoms with Gasteiger partial charge in [0.25, 0.3) is 0 Å². The average Bonchev–Trinajstić information content (AvgIpc) is 2.66. The van der Waals surface area contributed by atoms with E-state index in [1.54, 1.807) is 0 Å². The van der Waals surface area contributed by atoms with Gasteiger partial charge in [0.15, 0.2) is 0 Å². The number of carbonyl (C=O) groups excluding carboxylic acids is 3. The summed E-state index contributed by atoms with van der Waals surface area (Å²) >= 11 is 0. The molecule has 4 atom stereocenters. The number of carboxylic acids is 3. The van der Waals surface area contributed by atoms with Gasteiger partial charge in [0, 0.05) is 6.42 Å². The summed E-state index contributed by atoms with van der Waals surface area (Å²) in [5.74, 6) is -7.72. The minimum Gasteiger partial charge on any atom is -3.00 e. The third-order valence-corrected chi connectivity index (χ3v) is 4.06. The highest BCUT2D eigenvalue weighted by atomic mass is 31.0. The number of hydrogen-bond acceptors (Lipinski definition) is 8. The van der Waals surface area contributed by atoms with Gasteiger partial charge in [-0.15, -0.1) is 0 Å². The highest BCUT2D eigenvalue weighted by Crippen LogP contribution is 2.04. The molecular formula is C18H35N4O10P3-6. The van der Waals surface area contributed by atoms with Gasteiger partial charge in [-0.2, -0.15) is 0 Å². The van der Waals surface area contributed by atoms with Crippen molar-refractivity contribution in [2.45, 2.75) is 64.7 Å². The van der Waals surface area contributed by atoms with Crippen LogP contribution in [-0.2, 0) is 28.8 Å². The Bertz CT molecular complexity index is 712. The van der Waals surface area contributed by atoms with Crippen molar-refractivity contribution in [1.29, 1.82) is 0 Å². The van der Waals surface area contributed by atoms with Gasteiger partial charge in [0.2, 0.25) is 17.7 Å². The first-order chi connectivity index (χ1) is 14.3. The van der Waals surface area contributed by atoms with E-state index in [9.17, 15) is 33.9 Å². The SMILES string of the molecule is C.CC(C)[C@H](NC(=O)[C@H](CC(=O)O)NC(=O)[C@H](CO)NC(=O)[C@@H](N)CCC(=O)O)C(=O)O.[P-3].[PH-2].[PH2-]. The van der Waals surface area contributed by atoms with E-state index in [1.165, 1.54) is 13.8 Å². The predicted molar refractivity (Wildman–Crippen MR) is 134 cm³/mol. The predicted octanol–water partition coefficient (Wildman–Crippen LogP) is -0.743. The first-order valence-corrected chi connectivity index (χ1v) is 9.24. The normalized spacial score (nSPS) is 12.9. The Morgan fingerprint density at radius 1 is 0.829 bits per heavy atom. The Morgan fingerprint density at radius 2 is 1.29 bits per heavy atom. The number of aliphatic hydroxyl groups excluding tert-OH is 1. The lowest BCUT2D eigenvalue weighted by Gasteiger charge is -3.00. The van der Waals surface area contributed by atoms with Gasteiger partial charge in [-0.25, -0.2) is 4.79 Å². The maximum absolute atomic E-state index is 12.3. The molecule has 0 aromatic carbocycles. The molecule has 0 saturated carbocycles. The number of carbonyl (C=O) groups is 6. The lowest BCUT2D eigenvalue weighted by atomic mass is 10.0. The zero-order valence-corrected chi connectivity index (χ0v) is 21.6. The quantitative estimate of drug-likeness (QED) is 0.123. The first-order valence-electron chi connectivity index (χ1n) is 9.24. The summed E-state index contributed by atoms with van der Waals surface area (Å²) in [6.07, 6.45) is -1.55. The molecule has 0 aliphatic rings. The van der Waals surface area contributed by atoms with Gasteiger partial charge in [-0.1, -0.05) is 21.3 Å². The molecule has 0 unspecified atom stereocenters. The summed E-state index contributed by atoms with van der Waals surface area (Å²) in [6.45, 7) is 2.08. The van der Waals surface area contributed by atoms with E-state index in [-0.39, 0.29) is 43.5 Å². The molecule has 0 fully saturated rings. The van der Waals surface area contributed by atoms with E-state index in [2.05, 4.69) is 10.6 Å². The van der Waals surface area contributed by atoms with Crippen molar-refractivity contribution in [3.05, 3.63) is 0 Å². The van der Waals surface area contributed by atoms with Gasteiger partial charge in [-0.3, -0.25) is 24.0 Å². The summed E-state index contributed by atoms with van der Waals surface area (Å²) < 4.78 is 0. The number of amides is 3. The zero-order chi connectivity index (χ0) is 24.3. The van der Waals surface area contributed by atoms with E-state index < -0.39 is 85.2 Å². The number of aliphatic hydroxyl groups is 1. The van der Waals surface area contributed by atoms with Crippen molar-refractivity contribution >= 4 is 65.3 Å². The number of carboxylic acid groups (broad SMARTS) is 3. The van der Waals surface area contributed by atoms with Crippen molar-refractivity contribution in [2.75, 3.05) is 6.61 Å². The molecule has 0 saturated heterocycles. The lowest BCUT2D eigenvalue weighted by Crippen LogP contribution is -2.58. The first kappa shape index (κ1) is 43.1. The van der Waals surface area contributed by atoms with Crippen LogP contribution in [0.4, 0.5) is 0 Å². The second-order valence-corrected chi connectivity index (χ2v) is 7.01. The van der Waals surface area contributed by atoms with E-state index >= 15 is 0 Å². The minimum absolute atomic E-state index is 0. The van der Waals surface area contributed by atoms with Gasteiger partial charge in [0.1, 0.15) is 18.1 Å². The summed E-state index contributed by atoms with van der Waals surface area (Å²) in [5, 5.41) is 42.3. The van der Waals surface area contributed by atoms with Crippen LogP contribution in [0.25, 0.3) is 0 Å². The fourth-order valence-electron chi connectivity index (χ4n) is 2.31. The summed E-state index contributed by atoms with van der Waals surface area (Å²) in [6, 6.07) is -5.95. The van der Waals surface area contributed by atoms with E-state index in [0.29, 0.717) is 0 Å². The Kier molecular flexibility index (Phi) is 26.3. The maximum Gasteiger partial charge on any atom is 0.326 e. The third-order valence-electron chi connectivity index (χ3n) is 4.06. The molecule has 0 aliphatic heterocycles. The molecule has 3 amide bonds. The largest absolute Gasteiger partial charge is 3.00 e. The molecule has 35 heavy (non-hydrogen) atoms. The average molecular weight is 560 g/mol. The van der Waals surface area contributed by atoms with Gasteiger partial charge in [-0.05, 0) is 12.3 Å². The molecule has 0 bridgehead atoms. The number of nitrogens with one attached hydrogen (secondary N) is 3. The van der Waals surface area contributed by atoms with Crippen LogP contribution in [0.2, 0.25) is 0 Å². The Labute approximate surface area is 213 Å². The topological polar surface area (TPSA) is 245 Å². The van der Waals surface area contributed by atoms with Gasteiger partial charge in [0.05, 0.1) is 19.1 Å². The Balaban J connectivity index is -0.000000750. The molecule has 0 heterocycles. The summed E-state index contributed by atoms with van der Waals surface area (Å²) in [7, 11) is 0. The second-order valence-electron chi connectivity index (χ2n) is 7.01. The standard InChI is InChI=1S/C17H28N4O10.CH4.H2P.HP.P/c1-7(2)13(17(30)31)21-15(28)9(5-12(25)26)19-16(29)10(6-22)20-14(27)8(18)3-4-11(23)24;;;;/h7-10,13,22H,3-6,18H2,1-2H3,(H,19,29)(H,20,27)(H,21,28)(H,23,24)(H,25,26)(H,30,31);1H4;1H2;1H;/q;;-1;-2;-3/t8-,9-,10-,13-;;;;/m0..../s1. The monoisotopic (exact) mass is 560 g/mol. The van der Waals surface area contributed by atoms with Crippen LogP contribution in [0.3, 0.4) is 0 Å². The lowest BCUT2D eigenvalue weighted by molar-refractivity contribution is -0.144. The molecule has 0 aromatic heterocycles. The molecule has 0 radical (unpaired) electrons. The second kappa shape index (κ2) is 21.3. The van der Waals surface area contributed by atoms with Crippen LogP contribution >= 0.6 is 29.7 Å². The summed E-state index contributed by atoms with van der Waals surface area (Å²) in [5.41, 5.74) is 5.51. The van der Waals surface area contributed by atoms with E-state index in [0.717, 1.165) is 0 Å². The molecule has 0 spiro atoms. The number of rotatable bonds is 14. The van der Waals surface area contributed by atoms with Crippen LogP contribution in [0, 0.1) is 5.92 Å². The summed E-state index contributed by atoms with van der Waals surface area (Å²) in [4.78, 5) is 69.5. The molecule has 208 valence electrons. The van der Waals surface area contributed by atoms with Crippen LogP contribution in [0.1, 0.15) is 40.5 Å². The smallest absolute Gasteiger partial charge is 0.326 e. The number of nitrogens with two attached hydrogens (primary N) is 1. The van der Waals surface area contributed by atoms with Crippen molar-refractivity contribution in [3.63, 3.8) is 0 Å². The highest BCUT2D eigenvalue weighted by Gasteiger charge is 2.32. The van der Waals surface area contributed by atoms with Gasteiger partial charge < -0.3 is 71.8 Å². The van der Waals surface area contributed by atoms with Gasteiger partial charge >= 0.3 is 17.9 Å². The number of hydrogen-bond donors (Lipinski definition) is 8. The van der Waals surface area contributed by atoms with Crippen LogP contribution in [-0.4, -0.2) is 86.8 Å². The van der Waals surface area contributed by atoms with Crippen molar-refractivity contribution < 1.29 is 49.2 Å². The highest BCUT2D eigenvalue weighted by molar-refractivity contribution is 6.92. The molecule has 0 aliphatic carbocycles. The van der Waals surface area contributed by atoms with Crippen molar-refractivity contribution in [1.82, 2.24) is 16.0 Å². The Hall–Kier alpha value is -1.97. The van der Waals surface area contributed by atoms with Crippen LogP contribution in [0.15, 0.2) is 0 Å². The van der Waals surface area contributed by atoms with Crippen LogP contribution in [0.5, 0.6) is 0 Å². The van der Waals surface area contributed by atoms with Crippen LogP contribution < -0.4 is 21.7 Å². The van der Waals surface area contributed by atoms with Crippen molar-refractivity contribution in [2.24, 2.45) is 11.7 Å². The third kappa shape index (κ3) is 17.2. The fraction of sp³-hybridized carbons (Fsp3) is 0.667. The fourth-order valence-corrected chi connectivity index (χ4v) is 2.31. The molecule has 9 N–H and O–H groups in total. The number of aliphatic carboxylic acids is 3. The molecular weight excluding hydrogens is 525 g/mol. The Morgan fingerprint density at radius 3 is 1.66 bits per heavy atom. The molecule has 17 heteroatoms. The minimum atomic E-state index is -1.70. The maximum atomic E-state index is 12.3.